The van der Waals surface area contributed by atoms with Crippen LogP contribution in [0.5, 0.6) is 0 Å². The highest BCUT2D eigenvalue weighted by atomic mass is 35.5. The van der Waals surface area contributed by atoms with Crippen LogP contribution in [-0.2, 0) is 32.6 Å². The molecule has 1 aliphatic rings. The highest BCUT2D eigenvalue weighted by molar-refractivity contribution is 7.92. The van der Waals surface area contributed by atoms with Gasteiger partial charge < -0.3 is 10.2 Å². The maximum absolute atomic E-state index is 14.5. The summed E-state index contributed by atoms with van der Waals surface area (Å²) < 4.78 is 40.6. The van der Waals surface area contributed by atoms with Crippen LogP contribution >= 0.6 is 11.6 Å². The van der Waals surface area contributed by atoms with Gasteiger partial charge in [0.15, 0.2) is 0 Å². The number of halogens is 2. The lowest BCUT2D eigenvalue weighted by Gasteiger charge is -2.34. The minimum absolute atomic E-state index is 0.0387. The number of nitrogens with zero attached hydrogens (tertiary/aromatic N) is 2. The number of nitrogens with one attached hydrogen (secondary N) is 1. The third kappa shape index (κ3) is 9.53. The molecule has 43 heavy (non-hydrogen) atoms. The number of para-hydroxylation sites is 1. The van der Waals surface area contributed by atoms with Crippen molar-refractivity contribution in [2.75, 3.05) is 17.1 Å². The number of amides is 2. The monoisotopic (exact) mass is 627 g/mol. The van der Waals surface area contributed by atoms with E-state index >= 15 is 0 Å². The summed E-state index contributed by atoms with van der Waals surface area (Å²) in [5.41, 5.74) is 1.62. The summed E-state index contributed by atoms with van der Waals surface area (Å²) >= 11 is 6.26. The molecule has 10 heteroatoms. The number of hydrogen-bond donors (Lipinski definition) is 1. The number of carbonyl (C=O) groups excluding carboxylic acids is 2. The molecule has 0 radical (unpaired) electrons. The van der Waals surface area contributed by atoms with Crippen LogP contribution in [0.3, 0.4) is 0 Å². The second-order valence-electron chi connectivity index (χ2n) is 11.1. The Morgan fingerprint density at radius 3 is 2.30 bits per heavy atom. The number of benzene rings is 3. The Bertz CT molecular complexity index is 1480. The Hall–Kier alpha value is -3.43. The molecule has 0 unspecified atom stereocenters. The SMILES string of the molecule is CS(=O)(=O)N(CCCC(=O)N(Cc1cccc(Cl)c1)[C@@H](Cc1ccccc1)C(=O)NC1CCCCC1)c1ccccc1F. The third-order valence-corrected chi connectivity index (χ3v) is 9.15. The summed E-state index contributed by atoms with van der Waals surface area (Å²) in [5, 5.41) is 3.72. The average Bonchev–Trinajstić information content (AvgIpc) is 2.98. The molecule has 1 atom stereocenters. The Labute approximate surface area is 259 Å². The minimum atomic E-state index is -3.81. The van der Waals surface area contributed by atoms with Gasteiger partial charge in [0.25, 0.3) is 0 Å². The van der Waals surface area contributed by atoms with Gasteiger partial charge in [-0.15, -0.1) is 0 Å². The summed E-state index contributed by atoms with van der Waals surface area (Å²) in [6.45, 7) is 0.0617. The number of carbonyl (C=O) groups is 2. The molecule has 1 aliphatic carbocycles. The van der Waals surface area contributed by atoms with Gasteiger partial charge in [-0.25, -0.2) is 12.8 Å². The molecule has 2 amide bonds. The first-order valence-corrected chi connectivity index (χ1v) is 16.9. The third-order valence-electron chi connectivity index (χ3n) is 7.74. The van der Waals surface area contributed by atoms with Crippen LogP contribution < -0.4 is 9.62 Å². The van der Waals surface area contributed by atoms with Gasteiger partial charge in [0.05, 0.1) is 11.9 Å². The zero-order chi connectivity index (χ0) is 30.8. The smallest absolute Gasteiger partial charge is 0.243 e. The highest BCUT2D eigenvalue weighted by Gasteiger charge is 2.32. The second-order valence-corrected chi connectivity index (χ2v) is 13.4. The molecule has 230 valence electrons. The van der Waals surface area contributed by atoms with Crippen molar-refractivity contribution in [2.24, 2.45) is 0 Å². The predicted molar refractivity (Wildman–Crippen MR) is 169 cm³/mol. The van der Waals surface area contributed by atoms with Gasteiger partial charge in [0.2, 0.25) is 21.8 Å². The van der Waals surface area contributed by atoms with Crippen molar-refractivity contribution < 1.29 is 22.4 Å². The lowest BCUT2D eigenvalue weighted by atomic mass is 9.94. The van der Waals surface area contributed by atoms with Crippen molar-refractivity contribution in [3.05, 3.63) is 101 Å². The Kier molecular flexibility index (Phi) is 11.6. The van der Waals surface area contributed by atoms with Gasteiger partial charge in [0, 0.05) is 37.0 Å². The molecule has 0 saturated heterocycles. The summed E-state index contributed by atoms with van der Waals surface area (Å²) in [5.74, 6) is -1.18. The predicted octanol–water partition coefficient (Wildman–Crippen LogP) is 6.11. The molecular formula is C33H39ClFN3O4S. The molecule has 1 saturated carbocycles. The van der Waals surface area contributed by atoms with Crippen LogP contribution in [0.2, 0.25) is 5.02 Å². The summed E-state index contributed by atoms with van der Waals surface area (Å²) in [7, 11) is -3.81. The van der Waals surface area contributed by atoms with Crippen LogP contribution in [0.4, 0.5) is 10.1 Å². The van der Waals surface area contributed by atoms with Crippen LogP contribution in [0.15, 0.2) is 78.9 Å². The standard InChI is InChI=1S/C33H39ClFN3O4S/c1-43(41,42)38(30-19-9-8-18-29(30)35)21-11-20-32(39)37(24-26-14-10-15-27(34)22-26)31(23-25-12-4-2-5-13-25)33(40)36-28-16-6-3-7-17-28/h2,4-5,8-10,12-15,18-19,22,28,31H,3,6-7,11,16-17,20-21,23-24H2,1H3,(H,36,40)/t31-/m0/s1. The molecule has 1 fully saturated rings. The fourth-order valence-corrected chi connectivity index (χ4v) is 6.75. The molecule has 3 aromatic carbocycles. The summed E-state index contributed by atoms with van der Waals surface area (Å²) in [6, 6.07) is 21.6. The molecule has 4 rings (SSSR count). The fourth-order valence-electron chi connectivity index (χ4n) is 5.57. The first-order chi connectivity index (χ1) is 20.6. The van der Waals surface area contributed by atoms with Crippen molar-refractivity contribution in [3.63, 3.8) is 0 Å². The maximum Gasteiger partial charge on any atom is 0.243 e. The largest absolute Gasteiger partial charge is 0.352 e. The zero-order valence-corrected chi connectivity index (χ0v) is 26.0. The molecule has 1 N–H and O–H groups in total. The number of sulfonamides is 1. The molecule has 7 nitrogen and oxygen atoms in total. The van der Waals surface area contributed by atoms with Crippen molar-refractivity contribution in [1.29, 1.82) is 0 Å². The topological polar surface area (TPSA) is 86.8 Å². The van der Waals surface area contributed by atoms with Crippen LogP contribution in [0.25, 0.3) is 0 Å². The molecule has 0 bridgehead atoms. The molecule has 0 heterocycles. The van der Waals surface area contributed by atoms with E-state index in [1.54, 1.807) is 29.2 Å². The number of rotatable bonds is 13. The van der Waals surface area contributed by atoms with E-state index in [4.69, 9.17) is 11.6 Å². The van der Waals surface area contributed by atoms with Crippen LogP contribution in [0, 0.1) is 5.82 Å². The van der Waals surface area contributed by atoms with Crippen LogP contribution in [0.1, 0.15) is 56.1 Å². The Morgan fingerprint density at radius 1 is 0.953 bits per heavy atom. The normalized spacial score (nSPS) is 14.6. The van der Waals surface area contributed by atoms with Crippen molar-refractivity contribution >= 4 is 39.1 Å². The van der Waals surface area contributed by atoms with E-state index in [1.165, 1.54) is 18.2 Å². The minimum Gasteiger partial charge on any atom is -0.352 e. The first-order valence-electron chi connectivity index (χ1n) is 14.7. The lowest BCUT2D eigenvalue weighted by Crippen LogP contribution is -2.53. The molecule has 3 aromatic rings. The van der Waals surface area contributed by atoms with E-state index in [-0.39, 0.29) is 49.5 Å². The maximum atomic E-state index is 14.5. The van der Waals surface area contributed by atoms with Crippen LogP contribution in [-0.4, -0.2) is 50.0 Å². The fraction of sp³-hybridized carbons (Fsp3) is 0.394. The van der Waals surface area contributed by atoms with E-state index in [0.29, 0.717) is 11.4 Å². The van der Waals surface area contributed by atoms with E-state index in [0.717, 1.165) is 53.8 Å². The average molecular weight is 628 g/mol. The van der Waals surface area contributed by atoms with Gasteiger partial charge >= 0.3 is 0 Å². The van der Waals surface area contributed by atoms with Gasteiger partial charge in [-0.1, -0.05) is 85.5 Å². The number of anilines is 1. The zero-order valence-electron chi connectivity index (χ0n) is 24.4. The summed E-state index contributed by atoms with van der Waals surface area (Å²) in [6.07, 6.45) is 6.49. The van der Waals surface area contributed by atoms with E-state index in [2.05, 4.69) is 5.32 Å². The molecular weight excluding hydrogens is 589 g/mol. The highest BCUT2D eigenvalue weighted by Crippen LogP contribution is 2.24. The van der Waals surface area contributed by atoms with E-state index in [1.807, 2.05) is 36.4 Å². The van der Waals surface area contributed by atoms with Gasteiger partial charge in [-0.2, -0.15) is 0 Å². The van der Waals surface area contributed by atoms with Gasteiger partial charge in [-0.05, 0) is 54.7 Å². The second kappa shape index (κ2) is 15.3. The number of hydrogen-bond acceptors (Lipinski definition) is 4. The Morgan fingerprint density at radius 2 is 1.63 bits per heavy atom. The van der Waals surface area contributed by atoms with E-state index in [9.17, 15) is 22.4 Å². The Balaban J connectivity index is 1.59. The molecule has 0 spiro atoms. The quantitative estimate of drug-likeness (QED) is 0.248. The van der Waals surface area contributed by atoms with Gasteiger partial charge in [0.1, 0.15) is 11.9 Å². The first kappa shape index (κ1) is 32.5. The van der Waals surface area contributed by atoms with Crippen molar-refractivity contribution in [3.8, 4) is 0 Å². The van der Waals surface area contributed by atoms with Gasteiger partial charge in [-0.3, -0.25) is 13.9 Å². The van der Waals surface area contributed by atoms with Crippen molar-refractivity contribution in [1.82, 2.24) is 10.2 Å². The lowest BCUT2D eigenvalue weighted by molar-refractivity contribution is -0.141. The molecule has 0 aromatic heterocycles. The summed E-state index contributed by atoms with van der Waals surface area (Å²) in [4.78, 5) is 29.4. The van der Waals surface area contributed by atoms with E-state index < -0.39 is 21.9 Å². The molecule has 0 aliphatic heterocycles. The van der Waals surface area contributed by atoms with Crippen molar-refractivity contribution in [2.45, 2.75) is 70.0 Å².